The molecule has 0 N–H and O–H groups in total. The molecule has 11 aromatic rings. The number of rotatable bonds is 5. The first kappa shape index (κ1) is 20.3. The largest absolute Gasteiger partial charge is 0.455 e. The van der Waals surface area contributed by atoms with Gasteiger partial charge in [-0.25, -0.2) is 0 Å². The summed E-state index contributed by atoms with van der Waals surface area (Å²) < 4.78 is 122. The van der Waals surface area contributed by atoms with Crippen LogP contribution in [-0.4, -0.2) is 0 Å². The number of fused-ring (bicyclic) bond motifs is 7. The van der Waals surface area contributed by atoms with Crippen LogP contribution in [-0.2, 0) is 6.42 Å². The monoisotopic (exact) mass is 699 g/mol. The van der Waals surface area contributed by atoms with E-state index < -0.39 is 85.0 Å². The third-order valence-corrected chi connectivity index (χ3v) is 10.5. The average molecular weight is 700 g/mol. The van der Waals surface area contributed by atoms with Crippen molar-refractivity contribution in [1.29, 1.82) is 0 Å². The van der Waals surface area contributed by atoms with Gasteiger partial charge in [-0.1, -0.05) is 182 Å². The van der Waals surface area contributed by atoms with Gasteiger partial charge in [0.2, 0.25) is 0 Å². The van der Waals surface area contributed by atoms with Crippen molar-refractivity contribution in [2.24, 2.45) is 0 Å². The summed E-state index contributed by atoms with van der Waals surface area (Å²) in [4.78, 5) is 0. The molecule has 0 aliphatic heterocycles. The Balaban J connectivity index is 1.20. The lowest BCUT2D eigenvalue weighted by Gasteiger charge is -2.19. The Morgan fingerprint density at radius 1 is 0.407 bits per heavy atom. The van der Waals surface area contributed by atoms with Crippen LogP contribution in [0.1, 0.15) is 28.9 Å². The van der Waals surface area contributed by atoms with Crippen LogP contribution in [0.5, 0.6) is 0 Å². The molecule has 0 radical (unpaired) electrons. The van der Waals surface area contributed by atoms with Crippen molar-refractivity contribution >= 4 is 65.0 Å². The van der Waals surface area contributed by atoms with Crippen molar-refractivity contribution in [2.75, 3.05) is 0 Å². The highest BCUT2D eigenvalue weighted by molar-refractivity contribution is 6.21. The van der Waals surface area contributed by atoms with Crippen LogP contribution in [0.15, 0.2) is 198 Å². The second-order valence-electron chi connectivity index (χ2n) is 13.4. The van der Waals surface area contributed by atoms with Crippen molar-refractivity contribution in [2.45, 2.75) is 6.42 Å². The zero-order valence-electron chi connectivity index (χ0n) is 41.6. The van der Waals surface area contributed by atoms with Crippen molar-refractivity contribution in [3.8, 4) is 33.4 Å². The molecule has 10 aromatic carbocycles. The van der Waals surface area contributed by atoms with Gasteiger partial charge in [-0.05, 0) is 101 Å². The maximum Gasteiger partial charge on any atom is 0.143 e. The van der Waals surface area contributed by atoms with Gasteiger partial charge < -0.3 is 4.42 Å². The summed E-state index contributed by atoms with van der Waals surface area (Å²) in [6, 6.07) is 30.6. The Kier molecular flexibility index (Phi) is 4.64. The standard InChI is InChI=1S/C53H34O/c1-2-14-34(15-3-1)32-50-41-21-8-10-23-45(41)52(46-24-11-9-22-42(46)50)47-31-30-43(39-19-6-7-20-40(39)47)48-26-13-27-49-44-29-28-36(33-51(44)54-53(48)49)38-25-12-17-35-16-4-5-18-37(35)38/h1-31,33H,32H2/i1D,2D,3D,8D,9D,10D,11D,14D,15D,21D,22D,23D,24D. The molecule has 0 unspecified atom stereocenters. The summed E-state index contributed by atoms with van der Waals surface area (Å²) >= 11 is 0. The third-order valence-electron chi connectivity index (χ3n) is 10.5. The molecule has 0 amide bonds. The van der Waals surface area contributed by atoms with E-state index in [-0.39, 0.29) is 38.2 Å². The van der Waals surface area contributed by atoms with Gasteiger partial charge in [-0.15, -0.1) is 0 Å². The first-order chi connectivity index (χ1) is 32.2. The first-order valence-electron chi connectivity index (χ1n) is 24.2. The molecule has 0 saturated heterocycles. The lowest BCUT2D eigenvalue weighted by Crippen LogP contribution is -1.96. The van der Waals surface area contributed by atoms with Crippen molar-refractivity contribution < 1.29 is 22.2 Å². The van der Waals surface area contributed by atoms with Gasteiger partial charge >= 0.3 is 0 Å². The van der Waals surface area contributed by atoms with Gasteiger partial charge in [0.05, 0.1) is 17.8 Å². The van der Waals surface area contributed by atoms with Crippen LogP contribution in [0.25, 0.3) is 98.4 Å². The smallest absolute Gasteiger partial charge is 0.143 e. The molecule has 54 heavy (non-hydrogen) atoms. The van der Waals surface area contributed by atoms with E-state index in [1.54, 1.807) is 6.07 Å². The normalized spacial score (nSPS) is 15.1. The molecule has 0 aliphatic rings. The summed E-state index contributed by atoms with van der Waals surface area (Å²) in [6.07, 6.45) is -0.502. The van der Waals surface area contributed by atoms with Crippen LogP contribution in [0, 0.1) is 0 Å². The fourth-order valence-corrected chi connectivity index (χ4v) is 8.10. The van der Waals surface area contributed by atoms with Crippen LogP contribution >= 0.6 is 0 Å². The second-order valence-corrected chi connectivity index (χ2v) is 13.4. The minimum atomic E-state index is -0.620. The Bertz CT molecular complexity index is 3890. The summed E-state index contributed by atoms with van der Waals surface area (Å²) in [5.41, 5.74) is 5.38. The molecule has 1 aromatic heterocycles. The highest BCUT2D eigenvalue weighted by atomic mass is 16.3. The maximum absolute atomic E-state index is 9.45. The van der Waals surface area contributed by atoms with E-state index in [4.69, 9.17) is 16.8 Å². The summed E-state index contributed by atoms with van der Waals surface area (Å²) in [7, 11) is 0. The number of benzene rings is 10. The molecule has 1 nitrogen and oxygen atoms in total. The van der Waals surface area contributed by atoms with E-state index in [0.717, 1.165) is 49.2 Å². The predicted octanol–water partition coefficient (Wildman–Crippen LogP) is 14.8. The zero-order chi connectivity index (χ0) is 46.9. The number of para-hydroxylation sites is 1. The lowest BCUT2D eigenvalue weighted by atomic mass is 9.84. The van der Waals surface area contributed by atoms with E-state index in [1.807, 2.05) is 66.7 Å². The fraction of sp³-hybridized carbons (Fsp3) is 0.0189. The first-order valence-corrected chi connectivity index (χ1v) is 17.7. The van der Waals surface area contributed by atoms with Gasteiger partial charge in [0.15, 0.2) is 0 Å². The molecule has 0 saturated carbocycles. The molecule has 0 spiro atoms. The molecular formula is C53H34O. The number of hydrogen-bond donors (Lipinski definition) is 0. The molecule has 0 aliphatic carbocycles. The van der Waals surface area contributed by atoms with E-state index in [1.165, 1.54) is 0 Å². The number of hydrogen-bond acceptors (Lipinski definition) is 1. The topological polar surface area (TPSA) is 13.1 Å². The van der Waals surface area contributed by atoms with E-state index in [2.05, 4.69) is 42.5 Å². The van der Waals surface area contributed by atoms with Crippen LogP contribution < -0.4 is 0 Å². The molecular weight excluding hydrogens is 653 g/mol. The summed E-state index contributed by atoms with van der Waals surface area (Å²) in [5, 5.41) is 5.20. The van der Waals surface area contributed by atoms with Crippen molar-refractivity contribution in [3.63, 3.8) is 0 Å². The van der Waals surface area contributed by atoms with Gasteiger partial charge in [0, 0.05) is 16.3 Å². The van der Waals surface area contributed by atoms with Crippen LogP contribution in [0.2, 0.25) is 0 Å². The minimum Gasteiger partial charge on any atom is -0.455 e. The van der Waals surface area contributed by atoms with Gasteiger partial charge in [0.1, 0.15) is 11.2 Å². The van der Waals surface area contributed by atoms with Gasteiger partial charge in [-0.3, -0.25) is 0 Å². The zero-order valence-corrected chi connectivity index (χ0v) is 28.6. The Hall–Kier alpha value is -6.96. The molecule has 0 bridgehead atoms. The van der Waals surface area contributed by atoms with Crippen LogP contribution in [0.3, 0.4) is 0 Å². The SMILES string of the molecule is [2H]c1c([2H])c([2H])c(Cc2c3c([2H])c([2H])c([2H])c([2H])c3c(-c3ccc(-c4cccc5c4oc4cc(-c6cccc7ccccc67)ccc45)c4ccccc34)c3c([2H])c([2H])c([2H])c([2H])c23)c([2H])c1[2H]. The number of furan rings is 1. The summed E-state index contributed by atoms with van der Waals surface area (Å²) in [5.74, 6) is 0. The van der Waals surface area contributed by atoms with E-state index in [9.17, 15) is 5.48 Å². The second kappa shape index (κ2) is 12.3. The van der Waals surface area contributed by atoms with Crippen molar-refractivity contribution in [1.82, 2.24) is 0 Å². The molecule has 0 fully saturated rings. The lowest BCUT2D eigenvalue weighted by molar-refractivity contribution is 0.670. The van der Waals surface area contributed by atoms with Gasteiger partial charge in [-0.2, -0.15) is 0 Å². The average Bonchev–Trinajstić information content (AvgIpc) is 3.73. The molecule has 1 heteroatoms. The Labute approximate surface area is 331 Å². The molecule has 252 valence electrons. The van der Waals surface area contributed by atoms with E-state index in [0.29, 0.717) is 22.1 Å². The maximum atomic E-state index is 9.45. The van der Waals surface area contributed by atoms with E-state index >= 15 is 0 Å². The fourth-order valence-electron chi connectivity index (χ4n) is 8.10. The van der Waals surface area contributed by atoms with Crippen LogP contribution in [0.4, 0.5) is 0 Å². The Morgan fingerprint density at radius 3 is 1.78 bits per heavy atom. The van der Waals surface area contributed by atoms with Gasteiger partial charge in [0.25, 0.3) is 0 Å². The predicted molar refractivity (Wildman–Crippen MR) is 229 cm³/mol. The Morgan fingerprint density at radius 2 is 1.00 bits per heavy atom. The molecule has 11 rings (SSSR count). The third kappa shape index (κ3) is 4.79. The molecule has 0 atom stereocenters. The highest BCUT2D eigenvalue weighted by Crippen LogP contribution is 2.46. The molecule has 1 heterocycles. The highest BCUT2D eigenvalue weighted by Gasteiger charge is 2.20. The quantitative estimate of drug-likeness (QED) is 0.163. The minimum absolute atomic E-state index is 0.0209. The van der Waals surface area contributed by atoms with Crippen molar-refractivity contribution in [3.05, 3.63) is 205 Å². The summed E-state index contributed by atoms with van der Waals surface area (Å²) in [6.45, 7) is 0.